The number of benzene rings is 2. The third-order valence-electron chi connectivity index (χ3n) is 4.97. The van der Waals surface area contributed by atoms with Crippen molar-refractivity contribution in [2.45, 2.75) is 25.5 Å². The lowest BCUT2D eigenvalue weighted by molar-refractivity contribution is 0.0525. The van der Waals surface area contributed by atoms with E-state index < -0.39 is 0 Å². The van der Waals surface area contributed by atoms with Gasteiger partial charge in [-0.1, -0.05) is 23.7 Å². The van der Waals surface area contributed by atoms with Crippen LogP contribution in [0.15, 0.2) is 42.5 Å². The van der Waals surface area contributed by atoms with Crippen LogP contribution in [0.5, 0.6) is 0 Å². The third kappa shape index (κ3) is 3.00. The van der Waals surface area contributed by atoms with Gasteiger partial charge in [0.25, 0.3) is 0 Å². The fourth-order valence-corrected chi connectivity index (χ4v) is 3.94. The summed E-state index contributed by atoms with van der Waals surface area (Å²) in [5, 5.41) is 4.36. The van der Waals surface area contributed by atoms with Crippen LogP contribution in [0.2, 0.25) is 5.02 Å². The molecule has 0 unspecified atom stereocenters. The van der Waals surface area contributed by atoms with Crippen LogP contribution in [0.25, 0.3) is 0 Å². The average Bonchev–Trinajstić information content (AvgIpc) is 3.11. The van der Waals surface area contributed by atoms with Gasteiger partial charge in [0.15, 0.2) is 0 Å². The van der Waals surface area contributed by atoms with Crippen molar-refractivity contribution in [1.29, 1.82) is 0 Å². The molecular weight excluding hydrogens is 338 g/mol. The predicted molar refractivity (Wildman–Crippen MR) is 97.0 cm³/mol. The lowest BCUT2D eigenvalue weighted by atomic mass is 9.80. The van der Waals surface area contributed by atoms with Crippen LogP contribution in [-0.2, 0) is 9.47 Å². The van der Waals surface area contributed by atoms with E-state index in [-0.39, 0.29) is 18.1 Å². The topological polar surface area (TPSA) is 47.6 Å². The summed E-state index contributed by atoms with van der Waals surface area (Å²) in [6.45, 7) is 2.91. The Labute approximate surface area is 152 Å². The first-order valence-electron chi connectivity index (χ1n) is 8.62. The van der Waals surface area contributed by atoms with Gasteiger partial charge in [-0.2, -0.15) is 0 Å². The minimum atomic E-state index is -0.292. The van der Waals surface area contributed by atoms with Crippen molar-refractivity contribution in [1.82, 2.24) is 0 Å². The largest absolute Gasteiger partial charge is 0.462 e. The van der Waals surface area contributed by atoms with Crippen LogP contribution in [0.1, 0.15) is 47.0 Å². The van der Waals surface area contributed by atoms with Crippen molar-refractivity contribution < 1.29 is 14.3 Å². The number of hydrogen-bond acceptors (Lipinski definition) is 4. The van der Waals surface area contributed by atoms with Crippen molar-refractivity contribution in [3.05, 3.63) is 64.2 Å². The van der Waals surface area contributed by atoms with Gasteiger partial charge in [-0.05, 0) is 49.2 Å². The zero-order valence-corrected chi connectivity index (χ0v) is 14.8. The average molecular weight is 358 g/mol. The Balaban J connectivity index is 1.70. The van der Waals surface area contributed by atoms with E-state index in [2.05, 4.69) is 17.4 Å². The summed E-state index contributed by atoms with van der Waals surface area (Å²) < 4.78 is 11.2. The molecule has 1 N–H and O–H groups in total. The summed E-state index contributed by atoms with van der Waals surface area (Å²) in [7, 11) is 0. The quantitative estimate of drug-likeness (QED) is 0.804. The fourth-order valence-electron chi connectivity index (χ4n) is 3.81. The van der Waals surface area contributed by atoms with E-state index in [9.17, 15) is 4.79 Å². The zero-order chi connectivity index (χ0) is 17.4. The summed E-state index contributed by atoms with van der Waals surface area (Å²) in [6.07, 6.45) is 0.972. The van der Waals surface area contributed by atoms with E-state index >= 15 is 0 Å². The molecule has 5 heteroatoms. The molecule has 2 aliphatic heterocycles. The molecule has 0 aliphatic carbocycles. The van der Waals surface area contributed by atoms with Crippen LogP contribution in [0.4, 0.5) is 5.69 Å². The van der Waals surface area contributed by atoms with Gasteiger partial charge in [0.2, 0.25) is 0 Å². The first kappa shape index (κ1) is 16.4. The Kier molecular flexibility index (Phi) is 4.40. The summed E-state index contributed by atoms with van der Waals surface area (Å²) in [5.41, 5.74) is 3.82. The van der Waals surface area contributed by atoms with Crippen molar-refractivity contribution in [2.24, 2.45) is 5.92 Å². The number of rotatable bonds is 3. The van der Waals surface area contributed by atoms with Crippen LogP contribution < -0.4 is 5.32 Å². The summed E-state index contributed by atoms with van der Waals surface area (Å²) in [4.78, 5) is 12.0. The number of anilines is 1. The monoisotopic (exact) mass is 357 g/mol. The minimum Gasteiger partial charge on any atom is -0.462 e. The summed E-state index contributed by atoms with van der Waals surface area (Å²) in [6, 6.07) is 13.8. The Morgan fingerprint density at radius 1 is 1.28 bits per heavy atom. The van der Waals surface area contributed by atoms with Crippen molar-refractivity contribution >= 4 is 23.3 Å². The third-order valence-corrected chi connectivity index (χ3v) is 5.23. The smallest absolute Gasteiger partial charge is 0.338 e. The molecule has 0 spiro atoms. The highest BCUT2D eigenvalue weighted by Crippen LogP contribution is 2.50. The number of esters is 1. The maximum absolute atomic E-state index is 12.0. The van der Waals surface area contributed by atoms with Crippen molar-refractivity contribution in [3.63, 3.8) is 0 Å². The van der Waals surface area contributed by atoms with E-state index in [1.807, 2.05) is 31.2 Å². The van der Waals surface area contributed by atoms with E-state index in [0.29, 0.717) is 18.1 Å². The van der Waals surface area contributed by atoms with Crippen LogP contribution in [0.3, 0.4) is 0 Å². The van der Waals surface area contributed by atoms with Crippen molar-refractivity contribution in [3.8, 4) is 0 Å². The molecule has 2 aliphatic rings. The lowest BCUT2D eigenvalue weighted by Crippen LogP contribution is -2.29. The Morgan fingerprint density at radius 2 is 2.08 bits per heavy atom. The standard InChI is InChI=1S/C20H20ClNO3/c1-2-24-20(23)13-5-8-17-16(11-13)19-15(9-10-25-19)18(22-17)12-3-6-14(21)7-4-12/h3-8,11,15,18-19,22H,2,9-10H2,1H3/t15-,18+,19-/m1/s1. The molecule has 3 atom stereocenters. The number of carbonyl (C=O) groups excluding carboxylic acids is 1. The molecular formula is C20H20ClNO3. The maximum atomic E-state index is 12.0. The molecule has 1 saturated heterocycles. The second-order valence-electron chi connectivity index (χ2n) is 6.44. The van der Waals surface area contributed by atoms with Gasteiger partial charge in [-0.15, -0.1) is 0 Å². The molecule has 0 bridgehead atoms. The van der Waals surface area contributed by atoms with Crippen molar-refractivity contribution in [2.75, 3.05) is 18.5 Å². The lowest BCUT2D eigenvalue weighted by Gasteiger charge is -2.36. The molecule has 1 fully saturated rings. The number of fused-ring (bicyclic) bond motifs is 3. The number of hydrogen-bond donors (Lipinski definition) is 1. The Bertz CT molecular complexity index is 790. The second-order valence-corrected chi connectivity index (χ2v) is 6.88. The number of carbonyl (C=O) groups is 1. The zero-order valence-electron chi connectivity index (χ0n) is 14.0. The second kappa shape index (κ2) is 6.70. The summed E-state index contributed by atoms with van der Waals surface area (Å²) >= 11 is 6.03. The van der Waals surface area contributed by atoms with Gasteiger partial charge in [0.05, 0.1) is 24.3 Å². The molecule has 0 saturated carbocycles. The van der Waals surface area contributed by atoms with Gasteiger partial charge in [0.1, 0.15) is 0 Å². The minimum absolute atomic E-state index is 0.00805. The molecule has 2 aromatic carbocycles. The van der Waals surface area contributed by atoms with Gasteiger partial charge in [-0.3, -0.25) is 0 Å². The molecule has 0 radical (unpaired) electrons. The Hall–Kier alpha value is -2.04. The fraction of sp³-hybridized carbons (Fsp3) is 0.350. The van der Waals surface area contributed by atoms with E-state index in [1.165, 1.54) is 5.56 Å². The number of nitrogens with one attached hydrogen (secondary N) is 1. The highest BCUT2D eigenvalue weighted by molar-refractivity contribution is 6.30. The molecule has 0 aromatic heterocycles. The first-order chi connectivity index (χ1) is 12.2. The molecule has 4 rings (SSSR count). The molecule has 2 heterocycles. The summed E-state index contributed by atoms with van der Waals surface area (Å²) in [5.74, 6) is 0.0331. The highest BCUT2D eigenvalue weighted by atomic mass is 35.5. The van der Waals surface area contributed by atoms with Gasteiger partial charge < -0.3 is 14.8 Å². The van der Waals surface area contributed by atoms with E-state index in [4.69, 9.17) is 21.1 Å². The molecule has 25 heavy (non-hydrogen) atoms. The van der Waals surface area contributed by atoms with E-state index in [1.54, 1.807) is 6.07 Å². The highest BCUT2D eigenvalue weighted by Gasteiger charge is 2.41. The van der Waals surface area contributed by atoms with Gasteiger partial charge in [-0.25, -0.2) is 4.79 Å². The molecule has 130 valence electrons. The normalized spacial score (nSPS) is 24.2. The van der Waals surface area contributed by atoms with E-state index in [0.717, 1.165) is 29.3 Å². The Morgan fingerprint density at radius 3 is 2.84 bits per heavy atom. The molecule has 4 nitrogen and oxygen atoms in total. The number of ether oxygens (including phenoxy) is 2. The maximum Gasteiger partial charge on any atom is 0.338 e. The molecule has 2 aromatic rings. The van der Waals surface area contributed by atoms with Gasteiger partial charge in [0, 0.05) is 28.8 Å². The SMILES string of the molecule is CCOC(=O)c1ccc2c(c1)[C@@H]1OCC[C@@H]1[C@H](c1ccc(Cl)cc1)N2. The number of halogens is 1. The van der Waals surface area contributed by atoms with Crippen LogP contribution >= 0.6 is 11.6 Å². The van der Waals surface area contributed by atoms with Gasteiger partial charge >= 0.3 is 5.97 Å². The first-order valence-corrected chi connectivity index (χ1v) is 9.00. The predicted octanol–water partition coefficient (Wildman–Crippen LogP) is 4.76. The molecule has 0 amide bonds. The van der Waals surface area contributed by atoms with Crippen LogP contribution in [0, 0.1) is 5.92 Å². The van der Waals surface area contributed by atoms with Crippen LogP contribution in [-0.4, -0.2) is 19.2 Å².